The van der Waals surface area contributed by atoms with Crippen molar-refractivity contribution in [1.82, 2.24) is 4.57 Å². The zero-order valence-corrected chi connectivity index (χ0v) is 13.7. The molecule has 0 saturated heterocycles. The maximum Gasteiger partial charge on any atom is 0.191 e. The lowest BCUT2D eigenvalue weighted by Crippen LogP contribution is -2.19. The molecule has 0 bridgehead atoms. The fourth-order valence-corrected chi connectivity index (χ4v) is 2.55. The minimum Gasteiger partial charge on any atom is -0.473 e. The molecule has 0 atom stereocenters. The summed E-state index contributed by atoms with van der Waals surface area (Å²) in [5.41, 5.74) is 1.84. The van der Waals surface area contributed by atoms with Gasteiger partial charge in [-0.1, -0.05) is 22.0 Å². The topological polar surface area (TPSA) is 14.2 Å². The number of benzene rings is 1. The molecule has 0 N–H and O–H groups in total. The molecule has 2 nitrogen and oxygen atoms in total. The van der Waals surface area contributed by atoms with Crippen LogP contribution in [0.2, 0.25) is 0 Å². The molecule has 0 aliphatic heterocycles. The van der Waals surface area contributed by atoms with Crippen LogP contribution in [-0.4, -0.2) is 10.2 Å². The Bertz CT molecular complexity index is 625. The van der Waals surface area contributed by atoms with Crippen LogP contribution in [0.15, 0.2) is 35.4 Å². The molecule has 0 unspecified atom stereocenters. The monoisotopic (exact) mass is 341 g/mol. The van der Waals surface area contributed by atoms with Crippen LogP contribution >= 0.6 is 27.5 Å². The number of halogens is 2. The van der Waals surface area contributed by atoms with Crippen molar-refractivity contribution in [3.63, 3.8) is 0 Å². The molecule has 0 aliphatic carbocycles. The minimum atomic E-state index is -0.277. The van der Waals surface area contributed by atoms with Gasteiger partial charge < -0.3 is 4.74 Å². The summed E-state index contributed by atoms with van der Waals surface area (Å²) in [6.45, 7) is 10.0. The summed E-state index contributed by atoms with van der Waals surface area (Å²) in [5.74, 6) is 1.07. The highest BCUT2D eigenvalue weighted by molar-refractivity contribution is 9.10. The Kier molecular flexibility index (Phi) is 3.98. The van der Waals surface area contributed by atoms with Crippen molar-refractivity contribution in [2.24, 2.45) is 0 Å². The van der Waals surface area contributed by atoms with E-state index in [9.17, 15) is 0 Å². The van der Waals surface area contributed by atoms with E-state index >= 15 is 0 Å². The van der Waals surface area contributed by atoms with Gasteiger partial charge in [-0.15, -0.1) is 11.6 Å². The molecule has 102 valence electrons. The van der Waals surface area contributed by atoms with Crippen molar-refractivity contribution >= 4 is 44.3 Å². The molecular weight excluding hydrogens is 326 g/mol. The van der Waals surface area contributed by atoms with Crippen molar-refractivity contribution in [2.75, 3.05) is 0 Å². The van der Waals surface area contributed by atoms with Crippen LogP contribution in [0.3, 0.4) is 0 Å². The Morgan fingerprint density at radius 3 is 2.68 bits per heavy atom. The first-order valence-corrected chi connectivity index (χ1v) is 7.38. The van der Waals surface area contributed by atoms with Crippen molar-refractivity contribution in [1.29, 1.82) is 0 Å². The van der Waals surface area contributed by atoms with Gasteiger partial charge in [-0.3, -0.25) is 4.57 Å². The van der Waals surface area contributed by atoms with Gasteiger partial charge in [-0.2, -0.15) is 0 Å². The number of nitrogens with zero attached hydrogens (tertiary/aromatic N) is 1. The summed E-state index contributed by atoms with van der Waals surface area (Å²) in [6, 6.07) is 6.11. The molecule has 0 spiro atoms. The van der Waals surface area contributed by atoms with E-state index in [1.165, 1.54) is 0 Å². The van der Waals surface area contributed by atoms with Crippen LogP contribution in [0.1, 0.15) is 26.3 Å². The van der Waals surface area contributed by atoms with Crippen molar-refractivity contribution in [3.05, 3.63) is 41.0 Å². The first kappa shape index (κ1) is 14.5. The maximum atomic E-state index is 6.00. The molecule has 0 radical (unpaired) electrons. The van der Waals surface area contributed by atoms with Crippen molar-refractivity contribution in [2.45, 2.75) is 32.3 Å². The Morgan fingerprint density at radius 1 is 1.42 bits per heavy atom. The molecule has 0 fully saturated rings. The van der Waals surface area contributed by atoms with Gasteiger partial charge in [0.2, 0.25) is 0 Å². The van der Waals surface area contributed by atoms with E-state index in [2.05, 4.69) is 28.6 Å². The van der Waals surface area contributed by atoms with E-state index in [0.717, 1.165) is 20.9 Å². The highest BCUT2D eigenvalue weighted by atomic mass is 79.9. The summed E-state index contributed by atoms with van der Waals surface area (Å²) in [7, 11) is 0. The third-order valence-electron chi connectivity index (χ3n) is 2.69. The number of alkyl halides is 1. The van der Waals surface area contributed by atoms with E-state index in [-0.39, 0.29) is 5.60 Å². The average Bonchev–Trinajstić information content (AvgIpc) is 2.64. The van der Waals surface area contributed by atoms with Gasteiger partial charge in [0.05, 0.1) is 5.52 Å². The molecule has 1 heterocycles. The average molecular weight is 343 g/mol. The molecule has 1 aromatic heterocycles. The molecule has 0 saturated carbocycles. The van der Waals surface area contributed by atoms with E-state index < -0.39 is 0 Å². The minimum absolute atomic E-state index is 0.277. The molecule has 0 amide bonds. The van der Waals surface area contributed by atoms with Crippen LogP contribution in [0.4, 0.5) is 0 Å². The quantitative estimate of drug-likeness (QED) is 0.539. The first-order valence-electron chi connectivity index (χ1n) is 6.05. The van der Waals surface area contributed by atoms with Gasteiger partial charge in [0.15, 0.2) is 5.88 Å². The summed E-state index contributed by atoms with van der Waals surface area (Å²) in [5, 5.41) is 1.12. The smallest absolute Gasteiger partial charge is 0.191 e. The predicted molar refractivity (Wildman–Crippen MR) is 85.4 cm³/mol. The van der Waals surface area contributed by atoms with Crippen LogP contribution in [0.5, 0.6) is 0 Å². The number of hydrogen-bond donors (Lipinski definition) is 0. The van der Waals surface area contributed by atoms with Crippen LogP contribution in [0, 0.1) is 0 Å². The second kappa shape index (κ2) is 5.22. The summed E-state index contributed by atoms with van der Waals surface area (Å²) in [6.07, 6.45) is 1.98. The fourth-order valence-electron chi connectivity index (χ4n) is 1.99. The SMILES string of the molecule is C=C(OC(C)(C)C)n1cc(CCl)c2ccc(Br)cc21. The number of hydrogen-bond acceptors (Lipinski definition) is 1. The van der Waals surface area contributed by atoms with Crippen molar-refractivity contribution in [3.8, 4) is 0 Å². The molecule has 19 heavy (non-hydrogen) atoms. The predicted octanol–water partition coefficient (Wildman–Crippen LogP) is 5.39. The lowest BCUT2D eigenvalue weighted by atomic mass is 10.2. The first-order chi connectivity index (χ1) is 8.81. The number of rotatable bonds is 3. The maximum absolute atomic E-state index is 6.00. The van der Waals surface area contributed by atoms with Gasteiger partial charge >= 0.3 is 0 Å². The highest BCUT2D eigenvalue weighted by Crippen LogP contribution is 2.29. The Labute approximate surface area is 127 Å². The second-order valence-corrected chi connectivity index (χ2v) is 6.61. The fraction of sp³-hybridized carbons (Fsp3) is 0.333. The summed E-state index contributed by atoms with van der Waals surface area (Å²) < 4.78 is 8.80. The van der Waals surface area contributed by atoms with E-state index in [1.807, 2.05) is 43.7 Å². The molecular formula is C15H17BrClNO. The van der Waals surface area contributed by atoms with Crippen LogP contribution in [-0.2, 0) is 10.6 Å². The number of aromatic nitrogens is 1. The third-order valence-corrected chi connectivity index (χ3v) is 3.47. The zero-order valence-electron chi connectivity index (χ0n) is 11.3. The Balaban J connectivity index is 2.54. The molecule has 2 aromatic rings. The van der Waals surface area contributed by atoms with Gasteiger partial charge in [0, 0.05) is 21.9 Å². The lowest BCUT2D eigenvalue weighted by Gasteiger charge is -2.23. The van der Waals surface area contributed by atoms with Crippen molar-refractivity contribution < 1.29 is 4.74 Å². The third kappa shape index (κ3) is 3.15. The lowest BCUT2D eigenvalue weighted by molar-refractivity contribution is 0.0877. The molecule has 1 aromatic carbocycles. The number of ether oxygens (including phenoxy) is 1. The molecule has 2 rings (SSSR count). The standard InChI is InChI=1S/C15H17BrClNO/c1-10(19-15(2,3)4)18-9-11(8-17)13-6-5-12(16)7-14(13)18/h5-7,9H,1,8H2,2-4H3. The Hall–Kier alpha value is -0.930. The molecule has 0 aliphatic rings. The number of fused-ring (bicyclic) bond motifs is 1. The van der Waals surface area contributed by atoms with Crippen LogP contribution in [0.25, 0.3) is 16.8 Å². The summed E-state index contributed by atoms with van der Waals surface area (Å²) >= 11 is 9.49. The largest absolute Gasteiger partial charge is 0.473 e. The normalized spacial score (nSPS) is 11.8. The van der Waals surface area contributed by atoms with Crippen LogP contribution < -0.4 is 0 Å². The van der Waals surface area contributed by atoms with Gasteiger partial charge in [-0.05, 0) is 45.0 Å². The zero-order chi connectivity index (χ0) is 14.2. The summed E-state index contributed by atoms with van der Waals surface area (Å²) in [4.78, 5) is 0. The van der Waals surface area contributed by atoms with Gasteiger partial charge in [0.25, 0.3) is 0 Å². The highest BCUT2D eigenvalue weighted by Gasteiger charge is 2.16. The van der Waals surface area contributed by atoms with E-state index in [4.69, 9.17) is 16.3 Å². The van der Waals surface area contributed by atoms with E-state index in [0.29, 0.717) is 11.8 Å². The van der Waals surface area contributed by atoms with Gasteiger partial charge in [0.1, 0.15) is 5.60 Å². The molecule has 4 heteroatoms. The second-order valence-electron chi connectivity index (χ2n) is 5.43. The Morgan fingerprint density at radius 2 is 2.11 bits per heavy atom. The van der Waals surface area contributed by atoms with E-state index in [1.54, 1.807) is 0 Å². The van der Waals surface area contributed by atoms with Gasteiger partial charge in [-0.25, -0.2) is 0 Å².